The summed E-state index contributed by atoms with van der Waals surface area (Å²) in [6.07, 6.45) is 2.62. The quantitative estimate of drug-likeness (QED) is 0.217. The first kappa shape index (κ1) is 26.7. The average Bonchev–Trinajstić information content (AvgIpc) is 3.55. The first-order chi connectivity index (χ1) is 17.6. The van der Waals surface area contributed by atoms with Crippen LogP contribution in [0.3, 0.4) is 0 Å². The number of hydrogen-bond donors (Lipinski definition) is 2. The molecule has 2 N–H and O–H groups in total. The Bertz CT molecular complexity index is 1460. The zero-order valence-electron chi connectivity index (χ0n) is 19.2. The van der Waals surface area contributed by atoms with Gasteiger partial charge in [-0.2, -0.15) is 10.4 Å². The van der Waals surface area contributed by atoms with Gasteiger partial charge in [0.1, 0.15) is 29.9 Å². The molecule has 0 saturated carbocycles. The minimum atomic E-state index is -4.93. The van der Waals surface area contributed by atoms with E-state index in [1.807, 2.05) is 0 Å². The van der Waals surface area contributed by atoms with E-state index in [2.05, 4.69) is 25.7 Å². The molecule has 0 aliphatic rings. The van der Waals surface area contributed by atoms with Crippen molar-refractivity contribution in [1.29, 1.82) is 5.26 Å². The molecule has 2 heterocycles. The van der Waals surface area contributed by atoms with Gasteiger partial charge in [0.15, 0.2) is 6.79 Å². The van der Waals surface area contributed by atoms with E-state index >= 15 is 4.39 Å². The molecule has 0 fully saturated rings. The van der Waals surface area contributed by atoms with Gasteiger partial charge in [0.05, 0.1) is 28.9 Å². The fraction of sp³-hybridized carbons (Fsp3) is 0.217. The van der Waals surface area contributed by atoms with Crippen molar-refractivity contribution in [1.82, 2.24) is 19.7 Å². The molecule has 4 aromatic rings. The molecule has 14 heteroatoms. The van der Waals surface area contributed by atoms with E-state index in [0.29, 0.717) is 22.3 Å². The first-order valence-electron chi connectivity index (χ1n) is 10.7. The molecule has 0 spiro atoms. The van der Waals surface area contributed by atoms with Crippen molar-refractivity contribution in [2.24, 2.45) is 0 Å². The third-order valence-electron chi connectivity index (χ3n) is 5.69. The average molecular weight is 553 g/mol. The molecule has 192 valence electrons. The Morgan fingerprint density at radius 1 is 1.24 bits per heavy atom. The molecule has 2 aromatic carbocycles. The van der Waals surface area contributed by atoms with Crippen LogP contribution >= 0.6 is 19.2 Å². The molecule has 0 bridgehead atoms. The Balaban J connectivity index is 1.80. The van der Waals surface area contributed by atoms with Crippen molar-refractivity contribution in [2.75, 3.05) is 6.79 Å². The van der Waals surface area contributed by atoms with Crippen molar-refractivity contribution in [2.45, 2.75) is 25.0 Å². The van der Waals surface area contributed by atoms with Crippen LogP contribution in [0.15, 0.2) is 60.5 Å². The lowest BCUT2D eigenvalue weighted by atomic mass is 9.81. The van der Waals surface area contributed by atoms with Crippen LogP contribution < -0.4 is 0 Å². The lowest BCUT2D eigenvalue weighted by Gasteiger charge is -2.38. The number of nitriles is 1. The molecule has 0 unspecified atom stereocenters. The van der Waals surface area contributed by atoms with Gasteiger partial charge in [-0.15, -0.1) is 11.3 Å². The predicted molar refractivity (Wildman–Crippen MR) is 128 cm³/mol. The Morgan fingerprint density at radius 2 is 2.00 bits per heavy atom. The highest BCUT2D eigenvalue weighted by Crippen LogP contribution is 2.45. The summed E-state index contributed by atoms with van der Waals surface area (Å²) in [7, 11) is -4.93. The van der Waals surface area contributed by atoms with Gasteiger partial charge < -0.3 is 14.5 Å². The zero-order chi connectivity index (χ0) is 26.6. The van der Waals surface area contributed by atoms with Crippen LogP contribution in [-0.2, 0) is 26.0 Å². The minimum Gasteiger partial charge on any atom is -0.341 e. The smallest absolute Gasteiger partial charge is 0.341 e. The number of thiazole rings is 1. The second kappa shape index (κ2) is 10.9. The Morgan fingerprint density at radius 3 is 2.62 bits per heavy atom. The normalized spacial score (nSPS) is 14.2. The second-order valence-electron chi connectivity index (χ2n) is 7.97. The van der Waals surface area contributed by atoms with E-state index < -0.39 is 37.8 Å². The van der Waals surface area contributed by atoms with Gasteiger partial charge >= 0.3 is 7.82 Å². The van der Waals surface area contributed by atoms with Crippen LogP contribution in [0.1, 0.15) is 29.0 Å². The number of halogens is 2. The number of nitrogens with zero attached hydrogens (tertiary/aromatic N) is 5. The van der Waals surface area contributed by atoms with Crippen molar-refractivity contribution in [3.63, 3.8) is 0 Å². The highest BCUT2D eigenvalue weighted by Gasteiger charge is 2.45. The summed E-state index contributed by atoms with van der Waals surface area (Å²) in [5.41, 5.74) is 0.0257. The number of hydrogen-bond acceptors (Lipinski definition) is 8. The summed E-state index contributed by atoms with van der Waals surface area (Å²) < 4.78 is 52.2. The lowest BCUT2D eigenvalue weighted by Crippen LogP contribution is -2.41. The van der Waals surface area contributed by atoms with Gasteiger partial charge in [-0.05, 0) is 18.2 Å². The van der Waals surface area contributed by atoms with Crippen molar-refractivity contribution >= 4 is 19.2 Å². The summed E-state index contributed by atoms with van der Waals surface area (Å²) in [5.74, 6) is -2.51. The standard InChI is InChI=1S/C23H20F2N5O5PS/c1-15(22-29-21(10-37-22)17-4-2-16(9-26)3-5-17)23(11-30-13-27-12-28-30,34-14-35-36(31,32)33)19-7-6-18(24)8-20(19)25/h2-8,10,12-13,15H,11,14H2,1H3,(H2,31,32,33)/t15-,23+/m0/s1/i2+1,3+1,4+1,5+1,16+1,17+1. The van der Waals surface area contributed by atoms with E-state index in [1.54, 1.807) is 36.6 Å². The molecule has 2 aromatic heterocycles. The fourth-order valence-corrected chi connectivity index (χ4v) is 4.98. The molecule has 0 amide bonds. The Labute approximate surface area is 214 Å². The molecule has 0 aliphatic carbocycles. The molecular weight excluding hydrogens is 533 g/mol. The van der Waals surface area contributed by atoms with E-state index in [4.69, 9.17) is 10.00 Å². The van der Waals surface area contributed by atoms with Crippen LogP contribution in [0.2, 0.25) is 0 Å². The highest BCUT2D eigenvalue weighted by molar-refractivity contribution is 7.46. The summed E-state index contributed by atoms with van der Waals surface area (Å²) in [4.78, 5) is 26.9. The van der Waals surface area contributed by atoms with Crippen LogP contribution in [0.4, 0.5) is 8.78 Å². The minimum absolute atomic E-state index is 0.0960. The van der Waals surface area contributed by atoms with Gasteiger partial charge in [-0.3, -0.25) is 4.52 Å². The summed E-state index contributed by atoms with van der Waals surface area (Å²) in [6, 6.07) is 11.8. The fourth-order valence-electron chi connectivity index (χ4n) is 3.83. The molecular formula is C23H20F2N5O5PS. The number of phosphoric acid groups is 1. The number of rotatable bonds is 10. The number of benzene rings is 2. The Hall–Kier alpha value is -3.37. The first-order valence-corrected chi connectivity index (χ1v) is 13.1. The summed E-state index contributed by atoms with van der Waals surface area (Å²) in [5, 5.41) is 15.4. The number of phosphoric ester groups is 1. The van der Waals surface area contributed by atoms with Crippen molar-refractivity contribution in [3.05, 3.63) is 88.3 Å². The van der Waals surface area contributed by atoms with E-state index in [-0.39, 0.29) is 12.1 Å². The predicted octanol–water partition coefficient (Wildman–Crippen LogP) is 4.33. The number of ether oxygens (including phenoxy) is 1. The third-order valence-corrected chi connectivity index (χ3v) is 7.16. The highest BCUT2D eigenvalue weighted by atomic mass is 32.1. The van der Waals surface area contributed by atoms with Crippen molar-refractivity contribution < 1.29 is 32.4 Å². The van der Waals surface area contributed by atoms with Gasteiger partial charge in [-0.1, -0.05) is 25.1 Å². The van der Waals surface area contributed by atoms with Crippen LogP contribution in [0.5, 0.6) is 0 Å². The van der Waals surface area contributed by atoms with Gasteiger partial charge in [-0.25, -0.2) is 28.0 Å². The van der Waals surface area contributed by atoms with Crippen molar-refractivity contribution in [3.8, 4) is 17.3 Å². The Kier molecular flexibility index (Phi) is 7.89. The topological polar surface area (TPSA) is 143 Å². The largest absolute Gasteiger partial charge is 0.471 e. The lowest BCUT2D eigenvalue weighted by molar-refractivity contribution is -0.140. The maximum atomic E-state index is 15.2. The van der Waals surface area contributed by atoms with E-state index in [9.17, 15) is 18.7 Å². The van der Waals surface area contributed by atoms with Crippen LogP contribution in [0.25, 0.3) is 11.3 Å². The maximum Gasteiger partial charge on any atom is 0.471 e. The monoisotopic (exact) mass is 553 g/mol. The molecule has 10 nitrogen and oxygen atoms in total. The number of aromatic nitrogens is 4. The molecule has 0 saturated heterocycles. The SMILES string of the molecule is C[C@@H](c1nc(-[13c]2[13cH][13cH][13c](C#N)[13cH][13cH]2)cs1)[C@@](Cn1cncn1)(OCOP(=O)(O)O)c1ccc(F)cc1F. The van der Waals surface area contributed by atoms with Crippen LogP contribution in [0, 0.1) is 23.0 Å². The van der Waals surface area contributed by atoms with E-state index in [1.165, 1.54) is 34.7 Å². The second-order valence-corrected chi connectivity index (χ2v) is 10.1. The van der Waals surface area contributed by atoms with Crippen LogP contribution in [-0.4, -0.2) is 36.3 Å². The summed E-state index contributed by atoms with van der Waals surface area (Å²) >= 11 is 1.25. The van der Waals surface area contributed by atoms with Gasteiger partial charge in [0, 0.05) is 28.5 Å². The third kappa shape index (κ3) is 6.14. The molecule has 0 aliphatic heterocycles. The zero-order valence-corrected chi connectivity index (χ0v) is 20.9. The van der Waals surface area contributed by atoms with Gasteiger partial charge in [0.25, 0.3) is 0 Å². The molecule has 0 radical (unpaired) electrons. The maximum absolute atomic E-state index is 15.2. The van der Waals surface area contributed by atoms with Gasteiger partial charge in [0.2, 0.25) is 0 Å². The van der Waals surface area contributed by atoms with E-state index in [0.717, 1.165) is 11.6 Å². The summed E-state index contributed by atoms with van der Waals surface area (Å²) in [6.45, 7) is 0.611. The molecule has 4 rings (SSSR count). The molecule has 37 heavy (non-hydrogen) atoms. The molecule has 2 atom stereocenters.